The van der Waals surface area contributed by atoms with E-state index >= 15 is 0 Å². The number of carbonyl (C=O) groups is 1. The fourth-order valence-corrected chi connectivity index (χ4v) is 3.46. The topological polar surface area (TPSA) is 80.9 Å². The highest BCUT2D eigenvalue weighted by Gasteiger charge is 2.23. The van der Waals surface area contributed by atoms with Crippen LogP contribution in [0.1, 0.15) is 38.8 Å². The van der Waals surface area contributed by atoms with Crippen molar-refractivity contribution < 1.29 is 13.7 Å². The minimum Gasteiger partial charge on any atom is -0.363 e. The molecule has 0 unspecified atom stereocenters. The third-order valence-electron chi connectivity index (χ3n) is 4.24. The van der Waals surface area contributed by atoms with Crippen LogP contribution in [0.5, 0.6) is 0 Å². The molecule has 1 amide bonds. The lowest BCUT2D eigenvalue weighted by molar-refractivity contribution is 0.0955. The first-order chi connectivity index (χ1) is 13.1. The van der Waals surface area contributed by atoms with E-state index < -0.39 is 5.82 Å². The fraction of sp³-hybridized carbons (Fsp3) is 0.263. The number of aromatic nitrogens is 3. The summed E-state index contributed by atoms with van der Waals surface area (Å²) < 4.78 is 18.1. The second-order valence-corrected chi connectivity index (χ2v) is 7.46. The predicted octanol–water partition coefficient (Wildman–Crippen LogP) is 3.95. The van der Waals surface area contributed by atoms with E-state index in [4.69, 9.17) is 4.52 Å². The standard InChI is InChI=1S/C19H17FN4O2S/c1-11-18(19(25)22-8-12-2-3-12)27-16(23-11)7-4-13-10-26-24-17(13)15-6-5-14(20)9-21-15/h4-7,9-10,12H,2-3,8H2,1H3,(H,22,25). The summed E-state index contributed by atoms with van der Waals surface area (Å²) in [7, 11) is 0. The van der Waals surface area contributed by atoms with Crippen molar-refractivity contribution in [1.29, 1.82) is 0 Å². The summed E-state index contributed by atoms with van der Waals surface area (Å²) in [5, 5.41) is 7.61. The van der Waals surface area contributed by atoms with Crippen LogP contribution in [-0.4, -0.2) is 27.6 Å². The Morgan fingerprint density at radius 1 is 1.41 bits per heavy atom. The first-order valence-electron chi connectivity index (χ1n) is 8.60. The quantitative estimate of drug-likeness (QED) is 0.696. The van der Waals surface area contributed by atoms with Crippen LogP contribution in [0.4, 0.5) is 4.39 Å². The summed E-state index contributed by atoms with van der Waals surface area (Å²) in [5.74, 6) is 0.149. The highest BCUT2D eigenvalue weighted by atomic mass is 32.1. The van der Waals surface area contributed by atoms with Crippen LogP contribution in [0, 0.1) is 18.7 Å². The van der Waals surface area contributed by atoms with Gasteiger partial charge in [-0.05, 0) is 50.0 Å². The van der Waals surface area contributed by atoms with Crippen molar-refractivity contribution in [2.45, 2.75) is 19.8 Å². The van der Waals surface area contributed by atoms with Crippen molar-refractivity contribution in [3.63, 3.8) is 0 Å². The van der Waals surface area contributed by atoms with Crippen LogP contribution in [0.3, 0.4) is 0 Å². The Morgan fingerprint density at radius 2 is 2.26 bits per heavy atom. The molecule has 3 aromatic rings. The molecule has 0 atom stereocenters. The van der Waals surface area contributed by atoms with E-state index in [0.717, 1.165) is 12.7 Å². The number of hydrogen-bond acceptors (Lipinski definition) is 6. The average Bonchev–Trinajstić information content (AvgIpc) is 3.25. The number of thiazole rings is 1. The second-order valence-electron chi connectivity index (χ2n) is 6.43. The average molecular weight is 384 g/mol. The smallest absolute Gasteiger partial charge is 0.263 e. The Hall–Kier alpha value is -2.87. The number of nitrogens with zero attached hydrogens (tertiary/aromatic N) is 3. The van der Waals surface area contributed by atoms with E-state index in [1.165, 1.54) is 36.5 Å². The largest absolute Gasteiger partial charge is 0.363 e. The molecule has 0 spiro atoms. The Labute approximate surface area is 159 Å². The minimum atomic E-state index is -0.412. The number of aryl methyl sites for hydroxylation is 1. The monoisotopic (exact) mass is 384 g/mol. The van der Waals surface area contributed by atoms with Gasteiger partial charge in [0.25, 0.3) is 5.91 Å². The van der Waals surface area contributed by atoms with E-state index in [9.17, 15) is 9.18 Å². The summed E-state index contributed by atoms with van der Waals surface area (Å²) in [6.45, 7) is 2.56. The van der Waals surface area contributed by atoms with Gasteiger partial charge in [-0.1, -0.05) is 5.16 Å². The van der Waals surface area contributed by atoms with Crippen LogP contribution in [0.25, 0.3) is 23.5 Å². The Bertz CT molecular complexity index is 990. The second kappa shape index (κ2) is 7.40. The normalized spacial score (nSPS) is 14.0. The van der Waals surface area contributed by atoms with Crippen molar-refractivity contribution in [3.8, 4) is 11.4 Å². The third-order valence-corrected chi connectivity index (χ3v) is 5.36. The molecule has 3 heterocycles. The van der Waals surface area contributed by atoms with E-state index in [1.807, 2.05) is 6.92 Å². The van der Waals surface area contributed by atoms with Crippen molar-refractivity contribution in [1.82, 2.24) is 20.4 Å². The van der Waals surface area contributed by atoms with Crippen molar-refractivity contribution >= 4 is 29.4 Å². The number of nitrogens with one attached hydrogen (secondary N) is 1. The molecule has 1 fully saturated rings. The number of hydrogen-bond donors (Lipinski definition) is 1. The van der Waals surface area contributed by atoms with E-state index in [2.05, 4.69) is 20.4 Å². The zero-order chi connectivity index (χ0) is 18.8. The molecule has 0 radical (unpaired) electrons. The molecule has 1 N–H and O–H groups in total. The molecule has 4 rings (SSSR count). The van der Waals surface area contributed by atoms with Gasteiger partial charge in [0.1, 0.15) is 27.7 Å². The number of pyridine rings is 1. The lowest BCUT2D eigenvalue weighted by Gasteiger charge is -2.01. The molecule has 138 valence electrons. The maximum atomic E-state index is 13.0. The van der Waals surface area contributed by atoms with Crippen LogP contribution in [-0.2, 0) is 0 Å². The Balaban J connectivity index is 1.50. The van der Waals surface area contributed by atoms with Gasteiger partial charge in [0.2, 0.25) is 0 Å². The molecular formula is C19H17FN4O2S. The Kier molecular flexibility index (Phi) is 4.81. The van der Waals surface area contributed by atoms with Gasteiger partial charge in [-0.2, -0.15) is 0 Å². The molecule has 1 aliphatic carbocycles. The lowest BCUT2D eigenvalue weighted by atomic mass is 10.1. The highest BCUT2D eigenvalue weighted by molar-refractivity contribution is 7.14. The molecule has 27 heavy (non-hydrogen) atoms. The zero-order valence-corrected chi connectivity index (χ0v) is 15.4. The molecule has 0 aromatic carbocycles. The van der Waals surface area contributed by atoms with E-state index in [0.29, 0.717) is 38.4 Å². The molecule has 8 heteroatoms. The van der Waals surface area contributed by atoms with Gasteiger partial charge >= 0.3 is 0 Å². The van der Waals surface area contributed by atoms with Crippen LogP contribution in [0.15, 0.2) is 29.1 Å². The van der Waals surface area contributed by atoms with Crippen LogP contribution >= 0.6 is 11.3 Å². The molecule has 1 saturated carbocycles. The molecule has 3 aromatic heterocycles. The highest BCUT2D eigenvalue weighted by Crippen LogP contribution is 2.28. The number of halogens is 1. The number of rotatable bonds is 6. The van der Waals surface area contributed by atoms with E-state index in [1.54, 1.807) is 18.2 Å². The molecular weight excluding hydrogens is 367 g/mol. The minimum absolute atomic E-state index is 0.0715. The van der Waals surface area contributed by atoms with Crippen LogP contribution in [0.2, 0.25) is 0 Å². The summed E-state index contributed by atoms with van der Waals surface area (Å²) in [6.07, 6.45) is 8.60. The first-order valence-corrected chi connectivity index (χ1v) is 9.42. The predicted molar refractivity (Wildman–Crippen MR) is 101 cm³/mol. The SMILES string of the molecule is Cc1nc(C=Cc2conc2-c2ccc(F)cn2)sc1C(=O)NCC1CC1. The van der Waals surface area contributed by atoms with Gasteiger partial charge < -0.3 is 9.84 Å². The molecule has 1 aliphatic rings. The third kappa shape index (κ3) is 4.11. The fourth-order valence-electron chi connectivity index (χ4n) is 2.57. The maximum absolute atomic E-state index is 13.0. The molecule has 6 nitrogen and oxygen atoms in total. The van der Waals surface area contributed by atoms with Gasteiger partial charge in [-0.15, -0.1) is 11.3 Å². The molecule has 0 bridgehead atoms. The van der Waals surface area contributed by atoms with Gasteiger partial charge in [-0.3, -0.25) is 9.78 Å². The maximum Gasteiger partial charge on any atom is 0.263 e. The summed E-state index contributed by atoms with van der Waals surface area (Å²) in [6, 6.07) is 2.86. The van der Waals surface area contributed by atoms with Gasteiger partial charge in [0.15, 0.2) is 0 Å². The number of carbonyl (C=O) groups excluding carboxylic acids is 1. The van der Waals surface area contributed by atoms with Crippen molar-refractivity contribution in [2.75, 3.05) is 6.54 Å². The molecule has 0 aliphatic heterocycles. The zero-order valence-electron chi connectivity index (χ0n) is 14.6. The van der Waals surface area contributed by atoms with Gasteiger partial charge in [0.05, 0.1) is 17.6 Å². The summed E-state index contributed by atoms with van der Waals surface area (Å²) in [5.41, 5.74) is 2.43. The van der Waals surface area contributed by atoms with Gasteiger partial charge in [0, 0.05) is 12.1 Å². The summed E-state index contributed by atoms with van der Waals surface area (Å²) in [4.78, 5) is 21.4. The Morgan fingerprint density at radius 3 is 3.00 bits per heavy atom. The van der Waals surface area contributed by atoms with Gasteiger partial charge in [-0.25, -0.2) is 9.37 Å². The van der Waals surface area contributed by atoms with Crippen molar-refractivity contribution in [3.05, 3.63) is 51.6 Å². The summed E-state index contributed by atoms with van der Waals surface area (Å²) >= 11 is 1.34. The lowest BCUT2D eigenvalue weighted by Crippen LogP contribution is -2.25. The first kappa shape index (κ1) is 17.5. The van der Waals surface area contributed by atoms with Crippen LogP contribution < -0.4 is 5.32 Å². The molecule has 0 saturated heterocycles. The number of amides is 1. The van der Waals surface area contributed by atoms with E-state index in [-0.39, 0.29) is 5.91 Å². The van der Waals surface area contributed by atoms with Crippen molar-refractivity contribution in [2.24, 2.45) is 5.92 Å².